The third-order valence-electron chi connectivity index (χ3n) is 2.78. The highest BCUT2D eigenvalue weighted by Crippen LogP contribution is 2.23. The Kier molecular flexibility index (Phi) is 4.41. The maximum absolute atomic E-state index is 13.8. The Morgan fingerprint density at radius 2 is 2.05 bits per heavy atom. The van der Waals surface area contributed by atoms with Crippen LogP contribution in [-0.4, -0.2) is 30.0 Å². The fraction of sp³-hybridized carbons (Fsp3) is 0.154. The molecule has 0 fully saturated rings. The number of H-pyrrole nitrogens is 1. The van der Waals surface area contributed by atoms with Gasteiger partial charge in [0.05, 0.1) is 11.9 Å². The van der Waals surface area contributed by atoms with Gasteiger partial charge in [0.15, 0.2) is 17.3 Å². The summed E-state index contributed by atoms with van der Waals surface area (Å²) in [6.45, 7) is 0. The highest BCUT2D eigenvalue weighted by atomic mass is 35.5. The average Bonchev–Trinajstić information content (AvgIpc) is 2.46. The molecular weight excluding hydrogens is 318 g/mol. The molecule has 0 bridgehead atoms. The van der Waals surface area contributed by atoms with Gasteiger partial charge in [-0.05, 0) is 12.1 Å². The number of halogens is 3. The van der Waals surface area contributed by atoms with Crippen LogP contribution in [0.3, 0.4) is 0 Å². The van der Waals surface area contributed by atoms with E-state index in [1.54, 1.807) is 14.1 Å². The summed E-state index contributed by atoms with van der Waals surface area (Å²) in [7, 11) is 3.24. The third-order valence-corrected chi connectivity index (χ3v) is 3.12. The SMILES string of the molecule is CN(C)c1nc[nH]c(=O)c1NC(=O)c1ccc(F)c(Cl)c1F. The molecule has 0 aliphatic rings. The first-order valence-corrected chi connectivity index (χ1v) is 6.40. The van der Waals surface area contributed by atoms with Crippen LogP contribution >= 0.6 is 11.6 Å². The van der Waals surface area contributed by atoms with Crippen molar-refractivity contribution in [3.63, 3.8) is 0 Å². The van der Waals surface area contributed by atoms with Crippen molar-refractivity contribution in [1.29, 1.82) is 0 Å². The Labute approximate surface area is 128 Å². The van der Waals surface area contributed by atoms with Crippen molar-refractivity contribution in [2.24, 2.45) is 0 Å². The number of carbonyl (C=O) groups is 1. The molecule has 1 aromatic carbocycles. The van der Waals surface area contributed by atoms with Crippen molar-refractivity contribution in [3.05, 3.63) is 51.0 Å². The van der Waals surface area contributed by atoms with Crippen molar-refractivity contribution in [2.75, 3.05) is 24.3 Å². The lowest BCUT2D eigenvalue weighted by atomic mass is 10.2. The monoisotopic (exact) mass is 328 g/mol. The fourth-order valence-corrected chi connectivity index (χ4v) is 1.89. The summed E-state index contributed by atoms with van der Waals surface area (Å²) >= 11 is 5.42. The van der Waals surface area contributed by atoms with Crippen LogP contribution in [0.5, 0.6) is 0 Å². The maximum atomic E-state index is 13.8. The molecule has 9 heteroatoms. The van der Waals surface area contributed by atoms with Gasteiger partial charge < -0.3 is 15.2 Å². The lowest BCUT2D eigenvalue weighted by Crippen LogP contribution is -2.25. The summed E-state index contributed by atoms with van der Waals surface area (Å²) in [5.41, 5.74) is -1.25. The van der Waals surface area contributed by atoms with E-state index in [0.29, 0.717) is 0 Å². The number of amides is 1. The molecule has 0 saturated heterocycles. The number of hydrogen-bond donors (Lipinski definition) is 2. The second-order valence-corrected chi connectivity index (χ2v) is 4.88. The molecule has 6 nitrogen and oxygen atoms in total. The number of aromatic nitrogens is 2. The van der Waals surface area contributed by atoms with Gasteiger partial charge in [-0.2, -0.15) is 0 Å². The number of nitrogens with zero attached hydrogens (tertiary/aromatic N) is 2. The molecule has 1 aromatic heterocycles. The third kappa shape index (κ3) is 2.91. The van der Waals surface area contributed by atoms with Crippen molar-refractivity contribution in [3.8, 4) is 0 Å². The Morgan fingerprint density at radius 3 is 2.68 bits per heavy atom. The number of carbonyl (C=O) groups excluding carboxylic acids is 1. The van der Waals surface area contributed by atoms with Crippen molar-refractivity contribution >= 4 is 29.0 Å². The topological polar surface area (TPSA) is 78.1 Å². The number of benzene rings is 1. The van der Waals surface area contributed by atoms with Crippen LogP contribution in [0.4, 0.5) is 20.3 Å². The minimum absolute atomic E-state index is 0.155. The molecule has 0 aliphatic carbocycles. The van der Waals surface area contributed by atoms with E-state index in [1.165, 1.54) is 11.2 Å². The standard InChI is InChI=1S/C13H11ClF2N4O2/c1-20(2)11-10(13(22)18-5-17-11)19-12(21)6-3-4-7(15)8(14)9(6)16/h3-5H,1-2H3,(H,19,21)(H,17,18,22). The molecule has 1 amide bonds. The van der Waals surface area contributed by atoms with E-state index in [0.717, 1.165) is 12.1 Å². The van der Waals surface area contributed by atoms with Crippen LogP contribution < -0.4 is 15.8 Å². The molecule has 0 spiro atoms. The van der Waals surface area contributed by atoms with Gasteiger partial charge in [0.2, 0.25) is 0 Å². The van der Waals surface area contributed by atoms with Gasteiger partial charge in [-0.3, -0.25) is 9.59 Å². The molecule has 0 aliphatic heterocycles. The fourth-order valence-electron chi connectivity index (χ4n) is 1.72. The van der Waals surface area contributed by atoms with Crippen LogP contribution in [0, 0.1) is 11.6 Å². The minimum atomic E-state index is -1.20. The van der Waals surface area contributed by atoms with Crippen LogP contribution in [0.25, 0.3) is 0 Å². The van der Waals surface area contributed by atoms with Gasteiger partial charge >= 0.3 is 0 Å². The molecular formula is C13H11ClF2N4O2. The average molecular weight is 329 g/mol. The summed E-state index contributed by atoms with van der Waals surface area (Å²) in [5, 5.41) is 1.46. The molecule has 1 heterocycles. The summed E-state index contributed by atoms with van der Waals surface area (Å²) < 4.78 is 26.9. The Morgan fingerprint density at radius 1 is 1.36 bits per heavy atom. The van der Waals surface area contributed by atoms with Gasteiger partial charge in [-0.15, -0.1) is 0 Å². The number of hydrogen-bond acceptors (Lipinski definition) is 4. The number of anilines is 2. The second kappa shape index (κ2) is 6.10. The predicted molar refractivity (Wildman–Crippen MR) is 78.5 cm³/mol. The highest BCUT2D eigenvalue weighted by Gasteiger charge is 2.20. The lowest BCUT2D eigenvalue weighted by molar-refractivity contribution is 0.102. The van der Waals surface area contributed by atoms with Crippen LogP contribution in [0.1, 0.15) is 10.4 Å². The van der Waals surface area contributed by atoms with E-state index in [4.69, 9.17) is 11.6 Å². The second-order valence-electron chi connectivity index (χ2n) is 4.50. The smallest absolute Gasteiger partial charge is 0.276 e. The first-order valence-electron chi connectivity index (χ1n) is 6.02. The van der Waals surface area contributed by atoms with Gasteiger partial charge in [-0.1, -0.05) is 11.6 Å². The summed E-state index contributed by atoms with van der Waals surface area (Å²) in [6, 6.07) is 1.80. The zero-order chi connectivity index (χ0) is 16.4. The molecule has 2 N–H and O–H groups in total. The van der Waals surface area contributed by atoms with E-state index < -0.39 is 33.7 Å². The molecule has 0 radical (unpaired) electrons. The summed E-state index contributed by atoms with van der Waals surface area (Å²) in [6.07, 6.45) is 1.17. The van der Waals surface area contributed by atoms with Crippen molar-refractivity contribution < 1.29 is 13.6 Å². The lowest BCUT2D eigenvalue weighted by Gasteiger charge is -2.15. The molecule has 0 atom stereocenters. The number of aromatic amines is 1. The van der Waals surface area contributed by atoms with Gasteiger partial charge in [0.1, 0.15) is 10.8 Å². The molecule has 22 heavy (non-hydrogen) atoms. The summed E-state index contributed by atoms with van der Waals surface area (Å²) in [4.78, 5) is 31.6. The van der Waals surface area contributed by atoms with Gasteiger partial charge in [0.25, 0.3) is 11.5 Å². The number of nitrogens with one attached hydrogen (secondary N) is 2. The zero-order valence-electron chi connectivity index (χ0n) is 11.6. The van der Waals surface area contributed by atoms with E-state index in [-0.39, 0.29) is 11.5 Å². The van der Waals surface area contributed by atoms with Gasteiger partial charge in [0, 0.05) is 14.1 Å². The highest BCUT2D eigenvalue weighted by molar-refractivity contribution is 6.31. The largest absolute Gasteiger partial charge is 0.361 e. The number of rotatable bonds is 3. The van der Waals surface area contributed by atoms with Crippen molar-refractivity contribution in [2.45, 2.75) is 0 Å². The maximum Gasteiger partial charge on any atom is 0.276 e. The molecule has 2 rings (SSSR count). The quantitative estimate of drug-likeness (QED) is 0.845. The Hall–Kier alpha value is -2.48. The zero-order valence-corrected chi connectivity index (χ0v) is 12.3. The van der Waals surface area contributed by atoms with E-state index >= 15 is 0 Å². The van der Waals surface area contributed by atoms with E-state index in [1.807, 2.05) is 0 Å². The van der Waals surface area contributed by atoms with Crippen molar-refractivity contribution in [1.82, 2.24) is 9.97 Å². The molecule has 116 valence electrons. The molecule has 0 saturated carbocycles. The van der Waals surface area contributed by atoms with Crippen LogP contribution in [0.2, 0.25) is 5.02 Å². The molecule has 2 aromatic rings. The Balaban J connectivity index is 2.43. The van der Waals surface area contributed by atoms with Gasteiger partial charge in [-0.25, -0.2) is 13.8 Å². The summed E-state index contributed by atoms with van der Waals surface area (Å²) in [5.74, 6) is -2.94. The normalized spacial score (nSPS) is 10.4. The minimum Gasteiger partial charge on any atom is -0.361 e. The van der Waals surface area contributed by atoms with E-state index in [9.17, 15) is 18.4 Å². The molecule has 0 unspecified atom stereocenters. The Bertz CT molecular complexity index is 792. The van der Waals surface area contributed by atoms with Crippen LogP contribution in [0.15, 0.2) is 23.3 Å². The first kappa shape index (κ1) is 15.9. The van der Waals surface area contributed by atoms with E-state index in [2.05, 4.69) is 15.3 Å². The first-order chi connectivity index (χ1) is 10.3. The predicted octanol–water partition coefficient (Wildman–Crippen LogP) is 2.02. The van der Waals surface area contributed by atoms with Crippen LogP contribution in [-0.2, 0) is 0 Å².